The molecule has 1 aromatic heterocycles. The molecule has 2 aromatic rings. The van der Waals surface area contributed by atoms with Gasteiger partial charge in [-0.15, -0.1) is 11.8 Å². The van der Waals surface area contributed by atoms with Crippen LogP contribution in [0.4, 0.5) is 0 Å². The first-order valence-electron chi connectivity index (χ1n) is 8.65. The fraction of sp³-hybridized carbons (Fsp3) is 0.400. The van der Waals surface area contributed by atoms with Gasteiger partial charge in [-0.05, 0) is 37.6 Å². The molecule has 0 bridgehead atoms. The van der Waals surface area contributed by atoms with Crippen molar-refractivity contribution in [3.05, 3.63) is 65.5 Å². The number of nitrogens with zero attached hydrogens (tertiary/aromatic N) is 2. The van der Waals surface area contributed by atoms with E-state index in [1.165, 1.54) is 5.56 Å². The van der Waals surface area contributed by atoms with Crippen molar-refractivity contribution in [3.8, 4) is 0 Å². The SMILES string of the molecule is Cc1ccc(C(=O)N2CC3(CC(OCc4ccccn4)CS3)C2)cc1. The average molecular weight is 354 g/mol. The molecule has 1 atom stereocenters. The highest BCUT2D eigenvalue weighted by Crippen LogP contribution is 2.46. The number of pyridine rings is 1. The number of thioether (sulfide) groups is 1. The lowest BCUT2D eigenvalue weighted by atomic mass is 9.92. The fourth-order valence-electron chi connectivity index (χ4n) is 3.49. The maximum Gasteiger partial charge on any atom is 0.253 e. The van der Waals surface area contributed by atoms with Crippen LogP contribution in [0.3, 0.4) is 0 Å². The second-order valence-corrected chi connectivity index (χ2v) is 8.47. The Hall–Kier alpha value is -1.85. The molecule has 0 aliphatic carbocycles. The summed E-state index contributed by atoms with van der Waals surface area (Å²) >= 11 is 1.95. The zero-order valence-corrected chi connectivity index (χ0v) is 15.2. The third kappa shape index (κ3) is 3.58. The Kier molecular flexibility index (Phi) is 4.52. The van der Waals surface area contributed by atoms with Crippen LogP contribution in [0.1, 0.15) is 28.0 Å². The van der Waals surface area contributed by atoms with Crippen LogP contribution in [-0.2, 0) is 11.3 Å². The Morgan fingerprint density at radius 3 is 2.80 bits per heavy atom. The normalized spacial score (nSPS) is 21.3. The van der Waals surface area contributed by atoms with Crippen molar-refractivity contribution in [1.82, 2.24) is 9.88 Å². The second kappa shape index (κ2) is 6.81. The molecule has 2 fully saturated rings. The standard InChI is InChI=1S/C20H22N2O2S/c1-15-5-7-16(8-6-15)19(23)22-13-20(14-22)10-18(12-25-20)24-11-17-4-2-3-9-21-17/h2-9,18H,10-14H2,1H3. The first-order chi connectivity index (χ1) is 12.1. The van der Waals surface area contributed by atoms with Crippen LogP contribution in [0.25, 0.3) is 0 Å². The molecule has 1 spiro atoms. The summed E-state index contributed by atoms with van der Waals surface area (Å²) in [5.41, 5.74) is 2.93. The lowest BCUT2D eigenvalue weighted by molar-refractivity contribution is 0.0245. The van der Waals surface area contributed by atoms with Crippen LogP contribution in [0.5, 0.6) is 0 Å². The second-order valence-electron chi connectivity index (χ2n) is 6.98. The summed E-state index contributed by atoms with van der Waals surface area (Å²) in [6.07, 6.45) is 3.07. The van der Waals surface area contributed by atoms with Crippen molar-refractivity contribution in [3.63, 3.8) is 0 Å². The number of hydrogen-bond donors (Lipinski definition) is 0. The first-order valence-corrected chi connectivity index (χ1v) is 9.64. The molecule has 0 saturated carbocycles. The summed E-state index contributed by atoms with van der Waals surface area (Å²) in [4.78, 5) is 18.8. The van der Waals surface area contributed by atoms with Gasteiger partial charge in [0.1, 0.15) is 0 Å². The Labute approximate surface area is 152 Å². The van der Waals surface area contributed by atoms with Crippen LogP contribution in [-0.4, -0.2) is 45.5 Å². The van der Waals surface area contributed by atoms with Gasteiger partial charge in [-0.3, -0.25) is 9.78 Å². The number of carbonyl (C=O) groups excluding carboxylic acids is 1. The van der Waals surface area contributed by atoms with E-state index in [0.717, 1.165) is 36.5 Å². The number of ether oxygens (including phenoxy) is 1. The number of amides is 1. The number of hydrogen-bond acceptors (Lipinski definition) is 4. The van der Waals surface area contributed by atoms with E-state index in [9.17, 15) is 4.79 Å². The van der Waals surface area contributed by atoms with E-state index in [1.807, 2.05) is 66.1 Å². The van der Waals surface area contributed by atoms with E-state index in [1.54, 1.807) is 6.20 Å². The monoisotopic (exact) mass is 354 g/mol. The van der Waals surface area contributed by atoms with E-state index in [0.29, 0.717) is 6.61 Å². The predicted molar refractivity (Wildman–Crippen MR) is 99.7 cm³/mol. The molecule has 1 amide bonds. The van der Waals surface area contributed by atoms with Gasteiger partial charge in [0.25, 0.3) is 5.91 Å². The Balaban J connectivity index is 1.28. The first kappa shape index (κ1) is 16.6. The van der Waals surface area contributed by atoms with Gasteiger partial charge in [-0.1, -0.05) is 23.8 Å². The summed E-state index contributed by atoms with van der Waals surface area (Å²) in [6.45, 7) is 4.25. The van der Waals surface area contributed by atoms with Crippen LogP contribution in [0.15, 0.2) is 48.7 Å². The number of aromatic nitrogens is 1. The number of benzene rings is 1. The van der Waals surface area contributed by atoms with Gasteiger partial charge < -0.3 is 9.64 Å². The summed E-state index contributed by atoms with van der Waals surface area (Å²) in [6, 6.07) is 13.7. The van der Waals surface area contributed by atoms with Crippen molar-refractivity contribution in [2.75, 3.05) is 18.8 Å². The molecule has 1 unspecified atom stereocenters. The zero-order chi connectivity index (χ0) is 17.3. The molecule has 0 radical (unpaired) electrons. The predicted octanol–water partition coefficient (Wildman–Crippen LogP) is 3.31. The van der Waals surface area contributed by atoms with Crippen molar-refractivity contribution in [2.24, 2.45) is 0 Å². The molecular weight excluding hydrogens is 332 g/mol. The van der Waals surface area contributed by atoms with Crippen molar-refractivity contribution in [2.45, 2.75) is 30.8 Å². The van der Waals surface area contributed by atoms with Crippen molar-refractivity contribution in [1.29, 1.82) is 0 Å². The van der Waals surface area contributed by atoms with Gasteiger partial charge in [0.15, 0.2) is 0 Å². The van der Waals surface area contributed by atoms with Crippen LogP contribution >= 0.6 is 11.8 Å². The fourth-order valence-corrected chi connectivity index (χ4v) is 5.04. The van der Waals surface area contributed by atoms with Gasteiger partial charge in [-0.2, -0.15) is 0 Å². The molecule has 25 heavy (non-hydrogen) atoms. The minimum atomic E-state index is 0.143. The number of rotatable bonds is 4. The minimum Gasteiger partial charge on any atom is -0.371 e. The maximum absolute atomic E-state index is 12.5. The molecule has 130 valence electrons. The van der Waals surface area contributed by atoms with Gasteiger partial charge in [0, 0.05) is 30.6 Å². The largest absolute Gasteiger partial charge is 0.371 e. The topological polar surface area (TPSA) is 42.4 Å². The molecule has 5 heteroatoms. The molecule has 2 saturated heterocycles. The molecule has 4 nitrogen and oxygen atoms in total. The maximum atomic E-state index is 12.5. The van der Waals surface area contributed by atoms with E-state index >= 15 is 0 Å². The molecule has 3 heterocycles. The van der Waals surface area contributed by atoms with Crippen LogP contribution < -0.4 is 0 Å². The summed E-state index contributed by atoms with van der Waals surface area (Å²) in [5.74, 6) is 1.14. The third-order valence-corrected chi connectivity index (χ3v) is 6.49. The smallest absolute Gasteiger partial charge is 0.253 e. The van der Waals surface area contributed by atoms with E-state index in [4.69, 9.17) is 4.74 Å². The van der Waals surface area contributed by atoms with Crippen molar-refractivity contribution >= 4 is 17.7 Å². The average Bonchev–Trinajstić information content (AvgIpc) is 3.04. The van der Waals surface area contributed by atoms with Crippen LogP contribution in [0, 0.1) is 6.92 Å². The number of carbonyl (C=O) groups is 1. The lowest BCUT2D eigenvalue weighted by Gasteiger charge is -2.47. The highest BCUT2D eigenvalue weighted by Gasteiger charge is 2.50. The Bertz CT molecular complexity index is 742. The van der Waals surface area contributed by atoms with Gasteiger partial charge in [0.2, 0.25) is 0 Å². The van der Waals surface area contributed by atoms with E-state index < -0.39 is 0 Å². The number of likely N-dealkylation sites (tertiary alicyclic amines) is 1. The van der Waals surface area contributed by atoms with Gasteiger partial charge in [0.05, 0.1) is 23.2 Å². The van der Waals surface area contributed by atoms with Crippen LogP contribution in [0.2, 0.25) is 0 Å². The van der Waals surface area contributed by atoms with E-state index in [-0.39, 0.29) is 16.8 Å². The zero-order valence-electron chi connectivity index (χ0n) is 14.4. The van der Waals surface area contributed by atoms with Gasteiger partial charge in [-0.25, -0.2) is 0 Å². The Morgan fingerprint density at radius 1 is 1.28 bits per heavy atom. The minimum absolute atomic E-state index is 0.143. The van der Waals surface area contributed by atoms with E-state index in [2.05, 4.69) is 4.98 Å². The molecule has 2 aliphatic heterocycles. The van der Waals surface area contributed by atoms with Gasteiger partial charge >= 0.3 is 0 Å². The highest BCUT2D eigenvalue weighted by atomic mass is 32.2. The molecular formula is C20H22N2O2S. The summed E-state index contributed by atoms with van der Waals surface area (Å²) in [7, 11) is 0. The molecule has 2 aliphatic rings. The Morgan fingerprint density at radius 2 is 2.08 bits per heavy atom. The molecule has 4 rings (SSSR count). The summed E-state index contributed by atoms with van der Waals surface area (Å²) < 4.78 is 6.22. The van der Waals surface area contributed by atoms with Crippen molar-refractivity contribution < 1.29 is 9.53 Å². The lowest BCUT2D eigenvalue weighted by Crippen LogP contribution is -2.60. The molecule has 1 aromatic carbocycles. The quantitative estimate of drug-likeness (QED) is 0.845. The summed E-state index contributed by atoms with van der Waals surface area (Å²) in [5, 5.41) is 0. The molecule has 0 N–H and O–H groups in total. The number of aryl methyl sites for hydroxylation is 1. The third-order valence-electron chi connectivity index (χ3n) is 4.91. The highest BCUT2D eigenvalue weighted by molar-refractivity contribution is 8.01.